The summed E-state index contributed by atoms with van der Waals surface area (Å²) in [5, 5.41) is 0. The molecule has 0 amide bonds. The minimum atomic E-state index is 1.04. The second-order valence-corrected chi connectivity index (χ2v) is 4.22. The number of halogens is 1. The lowest BCUT2D eigenvalue weighted by Gasteiger charge is -2.20. The van der Waals surface area contributed by atoms with E-state index >= 15 is 0 Å². The molecule has 1 aromatic rings. The fourth-order valence-electron chi connectivity index (χ4n) is 1.65. The average molecular weight is 238 g/mol. The highest BCUT2D eigenvalue weighted by Crippen LogP contribution is 2.24. The van der Waals surface area contributed by atoms with Gasteiger partial charge in [0.25, 0.3) is 0 Å². The first kappa shape index (κ1) is 8.82. The van der Waals surface area contributed by atoms with Crippen molar-refractivity contribution in [3.05, 3.63) is 40.4 Å². The van der Waals surface area contributed by atoms with Crippen LogP contribution >= 0.6 is 15.9 Å². The van der Waals surface area contributed by atoms with Crippen LogP contribution in [0.5, 0.6) is 0 Å². The molecule has 0 spiro atoms. The normalized spacial score (nSPS) is 15.4. The molecule has 68 valence electrons. The summed E-state index contributed by atoms with van der Waals surface area (Å²) < 4.78 is 1.15. The van der Waals surface area contributed by atoms with Crippen molar-refractivity contribution < 1.29 is 0 Å². The molecule has 0 fully saturated rings. The fraction of sp³-hybridized carbons (Fsp3) is 0.273. The highest BCUT2D eigenvalue weighted by atomic mass is 79.9. The second kappa shape index (κ2) is 3.54. The van der Waals surface area contributed by atoms with E-state index in [1.807, 2.05) is 0 Å². The number of anilines is 1. The van der Waals surface area contributed by atoms with Crippen LogP contribution in [-0.4, -0.2) is 13.1 Å². The Hall–Kier alpha value is -0.760. The minimum Gasteiger partial charge on any atom is -0.364 e. The Morgan fingerprint density at radius 1 is 1.23 bits per heavy atom. The molecule has 0 atom stereocenters. The van der Waals surface area contributed by atoms with Crippen molar-refractivity contribution in [2.45, 2.75) is 6.92 Å². The van der Waals surface area contributed by atoms with E-state index in [1.165, 1.54) is 11.3 Å². The maximum atomic E-state index is 3.47. The first-order chi connectivity index (χ1) is 6.27. The van der Waals surface area contributed by atoms with Gasteiger partial charge in [0, 0.05) is 23.2 Å². The Kier molecular flexibility index (Phi) is 2.40. The lowest BCUT2D eigenvalue weighted by molar-refractivity contribution is 0.997. The third-order valence-electron chi connectivity index (χ3n) is 2.32. The molecule has 2 rings (SSSR count). The van der Waals surface area contributed by atoms with Crippen LogP contribution in [-0.2, 0) is 0 Å². The van der Waals surface area contributed by atoms with Gasteiger partial charge in [0.1, 0.15) is 0 Å². The summed E-state index contributed by atoms with van der Waals surface area (Å²) >= 11 is 3.47. The largest absolute Gasteiger partial charge is 0.364 e. The van der Waals surface area contributed by atoms with Gasteiger partial charge in [-0.1, -0.05) is 28.1 Å². The standard InChI is InChI=1S/C11H12BrN/c1-9-8-10(12)4-5-11(9)13-6-2-3-7-13/h2-5,8H,6-7H2,1H3. The Labute approximate surface area is 87.2 Å². The summed E-state index contributed by atoms with van der Waals surface area (Å²) in [4.78, 5) is 2.36. The van der Waals surface area contributed by atoms with Gasteiger partial charge in [-0.05, 0) is 30.7 Å². The van der Waals surface area contributed by atoms with Crippen LogP contribution < -0.4 is 4.90 Å². The lowest BCUT2D eigenvalue weighted by atomic mass is 10.2. The quantitative estimate of drug-likeness (QED) is 0.679. The third kappa shape index (κ3) is 1.78. The van der Waals surface area contributed by atoms with Crippen LogP contribution in [0.1, 0.15) is 5.56 Å². The summed E-state index contributed by atoms with van der Waals surface area (Å²) in [6.07, 6.45) is 4.42. The van der Waals surface area contributed by atoms with Crippen LogP contribution in [0.15, 0.2) is 34.8 Å². The van der Waals surface area contributed by atoms with E-state index in [9.17, 15) is 0 Å². The number of benzene rings is 1. The number of aryl methyl sites for hydroxylation is 1. The van der Waals surface area contributed by atoms with Gasteiger partial charge in [-0.3, -0.25) is 0 Å². The van der Waals surface area contributed by atoms with Crippen LogP contribution in [0.25, 0.3) is 0 Å². The second-order valence-electron chi connectivity index (χ2n) is 3.31. The van der Waals surface area contributed by atoms with E-state index in [-0.39, 0.29) is 0 Å². The molecule has 0 radical (unpaired) electrons. The van der Waals surface area contributed by atoms with Crippen molar-refractivity contribution in [1.29, 1.82) is 0 Å². The number of nitrogens with zero attached hydrogens (tertiary/aromatic N) is 1. The zero-order valence-corrected chi connectivity index (χ0v) is 9.21. The summed E-state index contributed by atoms with van der Waals surface area (Å²) in [5.74, 6) is 0. The number of hydrogen-bond acceptors (Lipinski definition) is 1. The number of rotatable bonds is 1. The summed E-state index contributed by atoms with van der Waals surface area (Å²) in [7, 11) is 0. The molecule has 1 aliphatic rings. The van der Waals surface area contributed by atoms with Crippen molar-refractivity contribution in [2.75, 3.05) is 18.0 Å². The maximum absolute atomic E-state index is 3.47. The Morgan fingerprint density at radius 3 is 2.54 bits per heavy atom. The van der Waals surface area contributed by atoms with E-state index in [0.717, 1.165) is 17.6 Å². The Bertz CT molecular complexity index is 336. The van der Waals surface area contributed by atoms with Gasteiger partial charge in [-0.15, -0.1) is 0 Å². The first-order valence-corrected chi connectivity index (χ1v) is 5.23. The van der Waals surface area contributed by atoms with E-state index in [4.69, 9.17) is 0 Å². The molecule has 1 aliphatic heterocycles. The molecule has 0 saturated carbocycles. The van der Waals surface area contributed by atoms with Crippen molar-refractivity contribution in [1.82, 2.24) is 0 Å². The molecule has 2 heteroatoms. The fourth-order valence-corrected chi connectivity index (χ4v) is 2.12. The van der Waals surface area contributed by atoms with Crippen LogP contribution in [0.3, 0.4) is 0 Å². The van der Waals surface area contributed by atoms with E-state index in [0.29, 0.717) is 0 Å². The summed E-state index contributed by atoms with van der Waals surface area (Å²) in [6, 6.07) is 6.43. The molecule has 0 bridgehead atoms. The van der Waals surface area contributed by atoms with Gasteiger partial charge >= 0.3 is 0 Å². The molecule has 0 N–H and O–H groups in total. The van der Waals surface area contributed by atoms with Gasteiger partial charge < -0.3 is 4.90 Å². The topological polar surface area (TPSA) is 3.24 Å². The molecule has 0 aliphatic carbocycles. The van der Waals surface area contributed by atoms with Gasteiger partial charge in [-0.25, -0.2) is 0 Å². The summed E-state index contributed by atoms with van der Waals surface area (Å²) in [6.45, 7) is 4.24. The van der Waals surface area contributed by atoms with Crippen molar-refractivity contribution in [3.63, 3.8) is 0 Å². The van der Waals surface area contributed by atoms with E-state index in [2.05, 4.69) is 58.1 Å². The number of hydrogen-bond donors (Lipinski definition) is 0. The van der Waals surface area contributed by atoms with Gasteiger partial charge in [0.15, 0.2) is 0 Å². The van der Waals surface area contributed by atoms with Crippen LogP contribution in [0.4, 0.5) is 5.69 Å². The zero-order chi connectivity index (χ0) is 9.26. The van der Waals surface area contributed by atoms with Crippen molar-refractivity contribution in [3.8, 4) is 0 Å². The monoisotopic (exact) mass is 237 g/mol. The van der Waals surface area contributed by atoms with Crippen molar-refractivity contribution >= 4 is 21.6 Å². The molecule has 0 aromatic heterocycles. The molecule has 0 unspecified atom stereocenters. The smallest absolute Gasteiger partial charge is 0.0402 e. The first-order valence-electron chi connectivity index (χ1n) is 4.43. The van der Waals surface area contributed by atoms with Gasteiger partial charge in [0.05, 0.1) is 0 Å². The van der Waals surface area contributed by atoms with Gasteiger partial charge in [0.2, 0.25) is 0 Å². The van der Waals surface area contributed by atoms with E-state index < -0.39 is 0 Å². The molecular weight excluding hydrogens is 226 g/mol. The Morgan fingerprint density at radius 2 is 1.92 bits per heavy atom. The molecule has 1 nitrogen and oxygen atoms in total. The third-order valence-corrected chi connectivity index (χ3v) is 2.81. The van der Waals surface area contributed by atoms with Crippen molar-refractivity contribution in [2.24, 2.45) is 0 Å². The van der Waals surface area contributed by atoms with Crippen LogP contribution in [0, 0.1) is 6.92 Å². The predicted octanol–water partition coefficient (Wildman–Crippen LogP) is 3.13. The predicted molar refractivity (Wildman–Crippen MR) is 60.2 cm³/mol. The van der Waals surface area contributed by atoms with Gasteiger partial charge in [-0.2, -0.15) is 0 Å². The van der Waals surface area contributed by atoms with Crippen LogP contribution in [0.2, 0.25) is 0 Å². The molecule has 1 aromatic carbocycles. The minimum absolute atomic E-state index is 1.04. The molecule has 1 heterocycles. The zero-order valence-electron chi connectivity index (χ0n) is 7.63. The molecule has 13 heavy (non-hydrogen) atoms. The summed E-state index contributed by atoms with van der Waals surface area (Å²) in [5.41, 5.74) is 2.67. The lowest BCUT2D eigenvalue weighted by Crippen LogP contribution is -2.19. The SMILES string of the molecule is Cc1cc(Br)ccc1N1CC=CC1. The highest BCUT2D eigenvalue weighted by Gasteiger charge is 2.09. The maximum Gasteiger partial charge on any atom is 0.0402 e. The Balaban J connectivity index is 2.30. The molecule has 0 saturated heterocycles. The average Bonchev–Trinajstić information content (AvgIpc) is 2.56. The molecular formula is C11H12BrN. The van der Waals surface area contributed by atoms with E-state index in [1.54, 1.807) is 0 Å². The highest BCUT2D eigenvalue weighted by molar-refractivity contribution is 9.10.